The summed E-state index contributed by atoms with van der Waals surface area (Å²) in [7, 11) is 0. The third kappa shape index (κ3) is 4.86. The molecule has 3 heterocycles. The number of nitrogens with one attached hydrogen (secondary N) is 1. The summed E-state index contributed by atoms with van der Waals surface area (Å²) in [6, 6.07) is 5.52. The molecule has 8 heteroatoms. The van der Waals surface area contributed by atoms with Crippen molar-refractivity contribution in [3.8, 4) is 0 Å². The van der Waals surface area contributed by atoms with Gasteiger partial charge in [0.05, 0.1) is 13.2 Å². The minimum absolute atomic E-state index is 0. The molecule has 2 saturated carbocycles. The van der Waals surface area contributed by atoms with E-state index in [4.69, 9.17) is 9.47 Å². The SMILES string of the molecule is O=C(NC1CCCCC(N2CCC3(CC2)CN(C(=O)C2CC2)c2ccc(F)cc23)C1)O[C@@H]1CCOC1.[HH]. The molecule has 1 aromatic rings. The molecule has 0 aromatic heterocycles. The van der Waals surface area contributed by atoms with Crippen LogP contribution in [0.1, 0.15) is 71.2 Å². The van der Waals surface area contributed by atoms with Gasteiger partial charge >= 0.3 is 6.09 Å². The van der Waals surface area contributed by atoms with Crippen molar-refractivity contribution < 1.29 is 24.9 Å². The van der Waals surface area contributed by atoms with E-state index in [2.05, 4.69) is 10.2 Å². The molecule has 198 valence electrons. The Morgan fingerprint density at radius 1 is 1.11 bits per heavy atom. The predicted molar refractivity (Wildman–Crippen MR) is 136 cm³/mol. The number of rotatable bonds is 4. The number of halogens is 1. The van der Waals surface area contributed by atoms with Crippen LogP contribution in [-0.2, 0) is 19.7 Å². The Morgan fingerprint density at radius 3 is 2.67 bits per heavy atom. The zero-order chi connectivity index (χ0) is 24.7. The van der Waals surface area contributed by atoms with Gasteiger partial charge in [0.2, 0.25) is 5.91 Å². The number of ether oxygens (including phenoxy) is 2. The fourth-order valence-electron chi connectivity index (χ4n) is 6.89. The van der Waals surface area contributed by atoms with Gasteiger partial charge in [0.15, 0.2) is 0 Å². The third-order valence-corrected chi connectivity index (χ3v) is 9.13. The minimum atomic E-state index is -0.321. The molecule has 1 N–H and O–H groups in total. The largest absolute Gasteiger partial charge is 0.444 e. The summed E-state index contributed by atoms with van der Waals surface area (Å²) in [6.07, 6.45) is 9.44. The molecule has 2 aliphatic carbocycles. The first-order chi connectivity index (χ1) is 17.5. The highest BCUT2D eigenvalue weighted by molar-refractivity contribution is 5.99. The van der Waals surface area contributed by atoms with Crippen molar-refractivity contribution in [2.45, 2.75) is 87.8 Å². The summed E-state index contributed by atoms with van der Waals surface area (Å²) in [5, 5.41) is 3.13. The van der Waals surface area contributed by atoms with Crippen molar-refractivity contribution in [2.75, 3.05) is 37.7 Å². The number of likely N-dealkylation sites (tertiary alicyclic amines) is 1. The number of nitrogens with zero attached hydrogens (tertiary/aromatic N) is 2. The molecule has 4 fully saturated rings. The lowest BCUT2D eigenvalue weighted by Crippen LogP contribution is -2.50. The van der Waals surface area contributed by atoms with Crippen LogP contribution in [0, 0.1) is 11.7 Å². The molecular formula is C28H40FN3O4. The Balaban J connectivity index is 0.00000280. The maximum atomic E-state index is 14.3. The van der Waals surface area contributed by atoms with Gasteiger partial charge in [0, 0.05) is 43.5 Å². The molecule has 2 amide bonds. The molecular weight excluding hydrogens is 461 g/mol. The summed E-state index contributed by atoms with van der Waals surface area (Å²) in [6.45, 7) is 3.70. The zero-order valence-electron chi connectivity index (χ0n) is 21.1. The monoisotopic (exact) mass is 501 g/mol. The van der Waals surface area contributed by atoms with Crippen LogP contribution in [0.25, 0.3) is 0 Å². The average Bonchev–Trinajstić information content (AvgIpc) is 3.58. The first kappa shape index (κ1) is 24.2. The molecule has 0 bridgehead atoms. The van der Waals surface area contributed by atoms with E-state index in [1.54, 1.807) is 6.07 Å². The first-order valence-corrected chi connectivity index (χ1v) is 13.9. The van der Waals surface area contributed by atoms with Crippen molar-refractivity contribution in [3.05, 3.63) is 29.6 Å². The average molecular weight is 502 g/mol. The number of piperidine rings is 1. The number of alkyl carbamates (subject to hydrolysis) is 1. The fourth-order valence-corrected chi connectivity index (χ4v) is 6.89. The third-order valence-electron chi connectivity index (χ3n) is 9.13. The molecule has 3 atom stereocenters. The van der Waals surface area contributed by atoms with Gasteiger partial charge in [0.25, 0.3) is 0 Å². The molecule has 1 spiro atoms. The van der Waals surface area contributed by atoms with Crippen molar-refractivity contribution in [1.82, 2.24) is 10.2 Å². The number of hydrogen-bond acceptors (Lipinski definition) is 5. The standard InChI is InChI=1S/C28H38FN3O4.H2/c29-20-7-8-25-24(15-20)28(18-32(25)26(33)19-5-6-19)10-12-31(13-11-28)22-4-2-1-3-21(16-22)30-27(34)36-23-9-14-35-17-23;/h7-8,15,19,21-23H,1-6,9-14,16-18H2,(H,30,34);1H/t21?,22?,23-;/m1./s1. The predicted octanol–water partition coefficient (Wildman–Crippen LogP) is 4.38. The van der Waals surface area contributed by atoms with E-state index in [0.717, 1.165) is 88.5 Å². The van der Waals surface area contributed by atoms with Crippen LogP contribution in [0.5, 0.6) is 0 Å². The second-order valence-corrected chi connectivity index (χ2v) is 11.6. The minimum Gasteiger partial charge on any atom is -0.444 e. The molecule has 1 aromatic carbocycles. The number of hydrogen-bond donors (Lipinski definition) is 1. The number of fused-ring (bicyclic) bond motifs is 2. The summed E-state index contributed by atoms with van der Waals surface area (Å²) in [5.74, 6) is 0.155. The smallest absolute Gasteiger partial charge is 0.407 e. The number of amides is 2. The lowest BCUT2D eigenvalue weighted by molar-refractivity contribution is -0.119. The molecule has 5 aliphatic rings. The van der Waals surface area contributed by atoms with Gasteiger partial charge < -0.3 is 24.6 Å². The molecule has 3 aliphatic heterocycles. The van der Waals surface area contributed by atoms with Crippen LogP contribution in [0.2, 0.25) is 0 Å². The number of benzene rings is 1. The van der Waals surface area contributed by atoms with E-state index >= 15 is 0 Å². The number of carbonyl (C=O) groups excluding carboxylic acids is 2. The number of anilines is 1. The quantitative estimate of drug-likeness (QED) is 0.620. The van der Waals surface area contributed by atoms with Crippen molar-refractivity contribution in [2.24, 2.45) is 5.92 Å². The van der Waals surface area contributed by atoms with Crippen molar-refractivity contribution in [3.63, 3.8) is 0 Å². The van der Waals surface area contributed by atoms with Gasteiger partial charge in [-0.05, 0) is 81.8 Å². The highest BCUT2D eigenvalue weighted by Crippen LogP contribution is 2.49. The summed E-state index contributed by atoms with van der Waals surface area (Å²) in [4.78, 5) is 30.0. The van der Waals surface area contributed by atoms with Gasteiger partial charge in [-0.25, -0.2) is 9.18 Å². The van der Waals surface area contributed by atoms with Gasteiger partial charge in [0.1, 0.15) is 11.9 Å². The molecule has 36 heavy (non-hydrogen) atoms. The van der Waals surface area contributed by atoms with E-state index < -0.39 is 0 Å². The van der Waals surface area contributed by atoms with E-state index in [1.807, 2.05) is 11.0 Å². The van der Waals surface area contributed by atoms with Crippen LogP contribution in [0.4, 0.5) is 14.9 Å². The van der Waals surface area contributed by atoms with Crippen LogP contribution in [0.15, 0.2) is 18.2 Å². The van der Waals surface area contributed by atoms with Gasteiger partial charge in [-0.15, -0.1) is 0 Å². The Morgan fingerprint density at radius 2 is 1.92 bits per heavy atom. The van der Waals surface area contributed by atoms with E-state index in [0.29, 0.717) is 25.8 Å². The molecule has 2 unspecified atom stereocenters. The summed E-state index contributed by atoms with van der Waals surface area (Å²) < 4.78 is 25.2. The number of carbonyl (C=O) groups is 2. The van der Waals surface area contributed by atoms with Crippen LogP contribution in [0.3, 0.4) is 0 Å². The Hall–Kier alpha value is -2.19. The lowest BCUT2D eigenvalue weighted by Gasteiger charge is -2.43. The lowest BCUT2D eigenvalue weighted by atomic mass is 9.74. The molecule has 0 radical (unpaired) electrons. The second-order valence-electron chi connectivity index (χ2n) is 11.6. The topological polar surface area (TPSA) is 71.1 Å². The van der Waals surface area contributed by atoms with Crippen molar-refractivity contribution in [1.29, 1.82) is 0 Å². The summed E-state index contributed by atoms with van der Waals surface area (Å²) >= 11 is 0. The highest BCUT2D eigenvalue weighted by Gasteiger charge is 2.49. The van der Waals surface area contributed by atoms with Crippen LogP contribution >= 0.6 is 0 Å². The normalized spacial score (nSPS) is 30.1. The molecule has 7 nitrogen and oxygen atoms in total. The van der Waals surface area contributed by atoms with Crippen molar-refractivity contribution >= 4 is 17.7 Å². The first-order valence-electron chi connectivity index (χ1n) is 13.9. The fraction of sp³-hybridized carbons (Fsp3) is 0.714. The highest BCUT2D eigenvalue weighted by atomic mass is 19.1. The maximum Gasteiger partial charge on any atom is 0.407 e. The molecule has 6 rings (SSSR count). The Bertz CT molecular complexity index is 992. The van der Waals surface area contributed by atoms with Crippen LogP contribution < -0.4 is 10.2 Å². The second kappa shape index (κ2) is 9.93. The maximum absolute atomic E-state index is 14.3. The zero-order valence-corrected chi connectivity index (χ0v) is 21.1. The van der Waals surface area contributed by atoms with E-state index in [9.17, 15) is 14.0 Å². The van der Waals surface area contributed by atoms with Crippen LogP contribution in [-0.4, -0.2) is 67.9 Å². The van der Waals surface area contributed by atoms with E-state index in [-0.39, 0.29) is 42.7 Å². The van der Waals surface area contributed by atoms with Gasteiger partial charge in [-0.3, -0.25) is 4.79 Å². The Kier molecular flexibility index (Phi) is 6.67. The van der Waals surface area contributed by atoms with Gasteiger partial charge in [-0.1, -0.05) is 12.8 Å². The van der Waals surface area contributed by atoms with Gasteiger partial charge in [-0.2, -0.15) is 0 Å². The Labute approximate surface area is 214 Å². The molecule has 2 saturated heterocycles. The summed E-state index contributed by atoms with van der Waals surface area (Å²) in [5.41, 5.74) is 1.79. The van der Waals surface area contributed by atoms with E-state index in [1.165, 1.54) is 6.07 Å².